The number of hydrogen-bond donors (Lipinski definition) is 0. The second-order valence-electron chi connectivity index (χ2n) is 7.51. The SMILES string of the molecule is O=S(=O)(c1ccc2c(c1)CCCC2)N1CC(n2cc(C3CC3)nn2)C1. The molecule has 0 N–H and O–H groups in total. The van der Waals surface area contributed by atoms with Gasteiger partial charge in [-0.15, -0.1) is 5.10 Å². The lowest BCUT2D eigenvalue weighted by Gasteiger charge is -2.37. The Labute approximate surface area is 147 Å². The Bertz CT molecular complexity index is 911. The highest BCUT2D eigenvalue weighted by molar-refractivity contribution is 7.89. The summed E-state index contributed by atoms with van der Waals surface area (Å²) in [4.78, 5) is 0.434. The molecule has 0 amide bonds. The fourth-order valence-corrected chi connectivity index (χ4v) is 5.40. The fourth-order valence-electron chi connectivity index (χ4n) is 3.83. The predicted molar refractivity (Wildman–Crippen MR) is 92.9 cm³/mol. The van der Waals surface area contributed by atoms with Crippen LogP contribution in [0.3, 0.4) is 0 Å². The lowest BCUT2D eigenvalue weighted by Crippen LogP contribution is -2.50. The van der Waals surface area contributed by atoms with Crippen LogP contribution in [0.15, 0.2) is 29.3 Å². The second-order valence-corrected chi connectivity index (χ2v) is 9.45. The van der Waals surface area contributed by atoms with Gasteiger partial charge in [-0.05, 0) is 61.8 Å². The van der Waals surface area contributed by atoms with Gasteiger partial charge < -0.3 is 0 Å². The second kappa shape index (κ2) is 5.64. The molecule has 7 heteroatoms. The molecule has 1 saturated heterocycles. The van der Waals surface area contributed by atoms with Gasteiger partial charge >= 0.3 is 0 Å². The van der Waals surface area contributed by atoms with Gasteiger partial charge in [-0.2, -0.15) is 4.31 Å². The first-order valence-electron chi connectivity index (χ1n) is 9.15. The Hall–Kier alpha value is -1.73. The van der Waals surface area contributed by atoms with Crippen molar-refractivity contribution in [2.45, 2.75) is 55.4 Å². The van der Waals surface area contributed by atoms with Crippen LogP contribution in [0, 0.1) is 0 Å². The van der Waals surface area contributed by atoms with Crippen LogP contribution in [0.2, 0.25) is 0 Å². The average Bonchev–Trinajstić information content (AvgIpc) is 3.32. The van der Waals surface area contributed by atoms with Crippen molar-refractivity contribution in [3.63, 3.8) is 0 Å². The van der Waals surface area contributed by atoms with Crippen LogP contribution in [0.1, 0.15) is 54.5 Å². The largest absolute Gasteiger partial charge is 0.247 e. The third-order valence-corrected chi connectivity index (χ3v) is 7.51. The molecule has 2 heterocycles. The van der Waals surface area contributed by atoms with E-state index in [-0.39, 0.29) is 6.04 Å². The smallest absolute Gasteiger partial charge is 0.243 e. The lowest BCUT2D eigenvalue weighted by atomic mass is 9.92. The van der Waals surface area contributed by atoms with Crippen LogP contribution >= 0.6 is 0 Å². The first-order valence-corrected chi connectivity index (χ1v) is 10.6. The zero-order valence-electron chi connectivity index (χ0n) is 14.1. The Kier molecular flexibility index (Phi) is 3.50. The molecule has 1 saturated carbocycles. The summed E-state index contributed by atoms with van der Waals surface area (Å²) in [6, 6.07) is 5.76. The van der Waals surface area contributed by atoms with Crippen molar-refractivity contribution in [2.75, 3.05) is 13.1 Å². The van der Waals surface area contributed by atoms with E-state index in [9.17, 15) is 8.42 Å². The highest BCUT2D eigenvalue weighted by atomic mass is 32.2. The average molecular weight is 358 g/mol. The first kappa shape index (κ1) is 15.5. The van der Waals surface area contributed by atoms with E-state index in [2.05, 4.69) is 10.3 Å². The molecule has 0 atom stereocenters. The molecule has 0 bridgehead atoms. The molecule has 132 valence electrons. The van der Waals surface area contributed by atoms with Crippen molar-refractivity contribution in [1.82, 2.24) is 19.3 Å². The van der Waals surface area contributed by atoms with Crippen molar-refractivity contribution in [2.24, 2.45) is 0 Å². The summed E-state index contributed by atoms with van der Waals surface area (Å²) in [7, 11) is -3.40. The predicted octanol–water partition coefficient (Wildman–Crippen LogP) is 2.28. The Morgan fingerprint density at radius 1 is 1.04 bits per heavy atom. The standard InChI is InChI=1S/C18H22N4O2S/c23-25(24,17-8-7-13-3-1-2-4-15(13)9-17)21-10-16(11-21)22-12-18(19-20-22)14-5-6-14/h7-9,12,14,16H,1-6,10-11H2. The Morgan fingerprint density at radius 2 is 1.80 bits per heavy atom. The highest BCUT2D eigenvalue weighted by Crippen LogP contribution is 2.39. The third kappa shape index (κ3) is 2.69. The highest BCUT2D eigenvalue weighted by Gasteiger charge is 2.39. The van der Waals surface area contributed by atoms with Crippen LogP contribution in [-0.2, 0) is 22.9 Å². The molecule has 6 nitrogen and oxygen atoms in total. The van der Waals surface area contributed by atoms with Gasteiger partial charge in [-0.25, -0.2) is 13.1 Å². The van der Waals surface area contributed by atoms with Gasteiger partial charge in [-0.3, -0.25) is 0 Å². The van der Waals surface area contributed by atoms with Crippen molar-refractivity contribution >= 4 is 10.0 Å². The maximum atomic E-state index is 12.9. The minimum Gasteiger partial charge on any atom is -0.247 e. The van der Waals surface area contributed by atoms with E-state index < -0.39 is 10.0 Å². The van der Waals surface area contributed by atoms with Crippen molar-refractivity contribution in [1.29, 1.82) is 0 Å². The fraction of sp³-hybridized carbons (Fsp3) is 0.556. The van der Waals surface area contributed by atoms with E-state index in [1.165, 1.54) is 30.4 Å². The minimum atomic E-state index is -3.40. The lowest BCUT2D eigenvalue weighted by molar-refractivity contribution is 0.189. The molecular weight excluding hydrogens is 336 g/mol. The third-order valence-electron chi connectivity index (χ3n) is 5.68. The van der Waals surface area contributed by atoms with Crippen molar-refractivity contribution in [3.8, 4) is 0 Å². The maximum absolute atomic E-state index is 12.9. The molecule has 1 aromatic carbocycles. The number of nitrogens with zero attached hydrogens (tertiary/aromatic N) is 4. The molecule has 2 aliphatic carbocycles. The summed E-state index contributed by atoms with van der Waals surface area (Å²) in [6.07, 6.45) is 8.79. The van der Waals surface area contributed by atoms with Crippen LogP contribution in [0.4, 0.5) is 0 Å². The van der Waals surface area contributed by atoms with Gasteiger partial charge in [0.05, 0.1) is 16.6 Å². The van der Waals surface area contributed by atoms with Crippen molar-refractivity contribution < 1.29 is 8.42 Å². The molecule has 25 heavy (non-hydrogen) atoms. The molecule has 0 spiro atoms. The van der Waals surface area contributed by atoms with E-state index in [1.54, 1.807) is 10.4 Å². The monoisotopic (exact) mass is 358 g/mol. The minimum absolute atomic E-state index is 0.104. The van der Waals surface area contributed by atoms with Gasteiger partial charge in [0.15, 0.2) is 0 Å². The van der Waals surface area contributed by atoms with E-state index in [0.29, 0.717) is 23.9 Å². The first-order chi connectivity index (χ1) is 12.1. The van der Waals surface area contributed by atoms with Gasteiger partial charge in [0.25, 0.3) is 0 Å². The van der Waals surface area contributed by atoms with Gasteiger partial charge in [0.1, 0.15) is 0 Å². The quantitative estimate of drug-likeness (QED) is 0.841. The zero-order valence-corrected chi connectivity index (χ0v) is 15.0. The van der Waals surface area contributed by atoms with Crippen molar-refractivity contribution in [3.05, 3.63) is 41.2 Å². The summed E-state index contributed by atoms with van der Waals surface area (Å²) in [6.45, 7) is 0.958. The van der Waals surface area contributed by atoms with Gasteiger partial charge in [-0.1, -0.05) is 11.3 Å². The van der Waals surface area contributed by atoms with E-state index in [0.717, 1.165) is 25.0 Å². The van der Waals surface area contributed by atoms with Crippen LogP contribution in [-0.4, -0.2) is 40.8 Å². The maximum Gasteiger partial charge on any atom is 0.243 e. The van der Waals surface area contributed by atoms with Gasteiger partial charge in [0.2, 0.25) is 10.0 Å². The van der Waals surface area contributed by atoms with E-state index >= 15 is 0 Å². The summed E-state index contributed by atoms with van der Waals surface area (Å²) in [5.41, 5.74) is 3.56. The van der Waals surface area contributed by atoms with Gasteiger partial charge in [0, 0.05) is 25.2 Å². The summed E-state index contributed by atoms with van der Waals surface area (Å²) < 4.78 is 29.2. The van der Waals surface area contributed by atoms with Crippen LogP contribution < -0.4 is 0 Å². The molecule has 0 unspecified atom stereocenters. The molecule has 5 rings (SSSR count). The van der Waals surface area contributed by atoms with Crippen LogP contribution in [0.25, 0.3) is 0 Å². The molecule has 2 fully saturated rings. The number of benzene rings is 1. The Morgan fingerprint density at radius 3 is 2.56 bits per heavy atom. The molecule has 2 aromatic rings. The summed E-state index contributed by atoms with van der Waals surface area (Å²) >= 11 is 0. The number of sulfonamides is 1. The topological polar surface area (TPSA) is 68.1 Å². The number of fused-ring (bicyclic) bond motifs is 1. The summed E-state index contributed by atoms with van der Waals surface area (Å²) in [5, 5.41) is 8.41. The normalized spacial score (nSPS) is 21.8. The number of aryl methyl sites for hydroxylation is 2. The molecular formula is C18H22N4O2S. The molecule has 3 aliphatic rings. The van der Waals surface area contributed by atoms with Crippen LogP contribution in [0.5, 0.6) is 0 Å². The molecule has 0 radical (unpaired) electrons. The number of aromatic nitrogens is 3. The van der Waals surface area contributed by atoms with E-state index in [1.807, 2.05) is 23.0 Å². The van der Waals surface area contributed by atoms with E-state index in [4.69, 9.17) is 0 Å². The number of rotatable bonds is 4. The zero-order chi connectivity index (χ0) is 17.0. The Balaban J connectivity index is 1.31. The number of hydrogen-bond acceptors (Lipinski definition) is 4. The molecule has 1 aromatic heterocycles. The molecule has 1 aliphatic heterocycles. The summed E-state index contributed by atoms with van der Waals surface area (Å²) in [5.74, 6) is 0.573.